The summed E-state index contributed by atoms with van der Waals surface area (Å²) in [5.74, 6) is -2.44. The van der Waals surface area contributed by atoms with E-state index in [1.165, 1.54) is 0 Å². The van der Waals surface area contributed by atoms with Gasteiger partial charge in [-0.05, 0) is 0 Å². The highest BCUT2D eigenvalue weighted by atomic mass is 16.4. The van der Waals surface area contributed by atoms with Crippen molar-refractivity contribution in [2.45, 2.75) is 0 Å². The molecule has 0 aliphatic heterocycles. The summed E-state index contributed by atoms with van der Waals surface area (Å²) in [6.45, 7) is -0.778. The molecule has 0 fully saturated rings. The van der Waals surface area contributed by atoms with Gasteiger partial charge < -0.3 is 43.6 Å². The van der Waals surface area contributed by atoms with Gasteiger partial charge in [0.25, 0.3) is 0 Å². The maximum absolute atomic E-state index is 9.13. The fraction of sp³-hybridized carbons (Fsp3) is 0.500. The minimum Gasteiger partial charge on any atom is -0.549 e. The lowest BCUT2D eigenvalue weighted by molar-refractivity contribution is -0.304. The van der Waals surface area contributed by atoms with Crippen LogP contribution in [0.3, 0.4) is 0 Å². The first-order valence-corrected chi connectivity index (χ1v) is 2.34. The van der Waals surface area contributed by atoms with Crippen LogP contribution >= 0.6 is 0 Å². The minimum atomic E-state index is -1.22. The number of rotatable bonds is 2. The first-order valence-electron chi connectivity index (χ1n) is 2.34. The van der Waals surface area contributed by atoms with Crippen molar-refractivity contribution in [3.8, 4) is 0 Å². The fourth-order valence-corrected chi connectivity index (χ4v) is 0. The Morgan fingerprint density at radius 1 is 0.917 bits per heavy atom. The van der Waals surface area contributed by atoms with Gasteiger partial charge in [0.1, 0.15) is 0 Å². The number of carbonyl (C=O) groups excluding carboxylic acids is 2. The molecule has 0 atom stereocenters. The number of hydrogen-bond acceptors (Lipinski definition) is 6. The molecule has 0 aliphatic rings. The molecule has 0 unspecified atom stereocenters. The van der Waals surface area contributed by atoms with Crippen molar-refractivity contribution in [2.24, 2.45) is 11.5 Å². The zero-order valence-corrected chi connectivity index (χ0v) is 7.20. The molecule has 0 bridgehead atoms. The molecule has 0 rings (SSSR count). The van der Waals surface area contributed by atoms with Crippen molar-refractivity contribution in [3.05, 3.63) is 0 Å². The van der Waals surface area contributed by atoms with E-state index in [9.17, 15) is 0 Å². The van der Waals surface area contributed by atoms with Crippen LogP contribution in [0.4, 0.5) is 0 Å². The molecule has 12 heavy (non-hydrogen) atoms. The quantitative estimate of drug-likeness (QED) is 0.337. The lowest BCUT2D eigenvalue weighted by Gasteiger charge is -1.87. The van der Waals surface area contributed by atoms with E-state index in [1.54, 1.807) is 0 Å². The molecular formula is C4H16N4O4. The third kappa shape index (κ3) is 68.8. The van der Waals surface area contributed by atoms with E-state index in [-0.39, 0.29) is 25.4 Å². The zero-order chi connectivity index (χ0) is 8.57. The van der Waals surface area contributed by atoms with Crippen LogP contribution in [0.15, 0.2) is 0 Å². The van der Waals surface area contributed by atoms with E-state index in [4.69, 9.17) is 19.8 Å². The number of carboxylic acid groups (broad SMARTS) is 2. The van der Waals surface area contributed by atoms with Gasteiger partial charge >= 0.3 is 0 Å². The van der Waals surface area contributed by atoms with Crippen molar-refractivity contribution in [3.63, 3.8) is 0 Å². The normalized spacial score (nSPS) is 6.17. The van der Waals surface area contributed by atoms with E-state index < -0.39 is 11.9 Å². The Morgan fingerprint density at radius 2 is 1.00 bits per heavy atom. The Labute approximate surface area is 69.7 Å². The summed E-state index contributed by atoms with van der Waals surface area (Å²) in [7, 11) is 0. The van der Waals surface area contributed by atoms with Crippen molar-refractivity contribution >= 4 is 11.9 Å². The standard InChI is InChI=1S/2C2H5NO2.2H3N/c2*3-1-2(4)5;;/h2*1,3H2,(H,4,5);2*1H3. The summed E-state index contributed by atoms with van der Waals surface area (Å²) in [6.07, 6.45) is 0. The monoisotopic (exact) mass is 184 g/mol. The maximum atomic E-state index is 9.13. The highest BCUT2D eigenvalue weighted by Gasteiger charge is 1.65. The second kappa shape index (κ2) is 16.4. The summed E-state index contributed by atoms with van der Waals surface area (Å²) in [4.78, 5) is 18.3. The van der Waals surface area contributed by atoms with Crippen LogP contribution in [-0.2, 0) is 9.59 Å². The van der Waals surface area contributed by atoms with E-state index in [1.807, 2.05) is 0 Å². The smallest absolute Gasteiger partial charge is 0.0550 e. The average molecular weight is 184 g/mol. The van der Waals surface area contributed by atoms with Crippen molar-refractivity contribution in [2.75, 3.05) is 13.1 Å². The Hall–Kier alpha value is -1.22. The third-order valence-corrected chi connectivity index (χ3v) is 0.333. The Balaban J connectivity index is -0.0000000457. The Morgan fingerprint density at radius 3 is 1.00 bits per heavy atom. The van der Waals surface area contributed by atoms with Crippen molar-refractivity contribution in [1.29, 1.82) is 0 Å². The van der Waals surface area contributed by atoms with E-state index in [2.05, 4.69) is 11.5 Å². The molecule has 8 heteroatoms. The summed E-state index contributed by atoms with van der Waals surface area (Å²) in [5.41, 5.74) is 9.02. The second-order valence-corrected chi connectivity index (χ2v) is 1.15. The second-order valence-electron chi connectivity index (χ2n) is 1.15. The molecule has 8 nitrogen and oxygen atoms in total. The highest BCUT2D eigenvalue weighted by Crippen LogP contribution is 1.34. The maximum Gasteiger partial charge on any atom is 0.0550 e. The SMILES string of the molecule is NCC(=O)[O-].NCC(=O)[O-].[NH4+].[NH4+]. The number of hydrogen-bond donors (Lipinski definition) is 4. The summed E-state index contributed by atoms with van der Waals surface area (Å²) >= 11 is 0. The van der Waals surface area contributed by atoms with Gasteiger partial charge in [-0.2, -0.15) is 0 Å². The number of aliphatic carboxylic acids is 2. The first kappa shape index (κ1) is 22.4. The molecule has 0 radical (unpaired) electrons. The van der Waals surface area contributed by atoms with Gasteiger partial charge in [0.05, 0.1) is 11.9 Å². The van der Waals surface area contributed by atoms with Gasteiger partial charge in [-0.25, -0.2) is 0 Å². The predicted molar refractivity (Wildman–Crippen MR) is 40.1 cm³/mol. The molecule has 0 aromatic rings. The predicted octanol–water partition coefficient (Wildman–Crippen LogP) is -3.86. The summed E-state index contributed by atoms with van der Waals surface area (Å²) in [6, 6.07) is 0. The largest absolute Gasteiger partial charge is 0.549 e. The summed E-state index contributed by atoms with van der Waals surface area (Å²) in [5, 5.41) is 18.3. The van der Waals surface area contributed by atoms with Crippen LogP contribution in [0.25, 0.3) is 0 Å². The molecule has 0 saturated carbocycles. The van der Waals surface area contributed by atoms with Gasteiger partial charge in [0, 0.05) is 13.1 Å². The van der Waals surface area contributed by atoms with Crippen LogP contribution in [-0.4, -0.2) is 25.0 Å². The van der Waals surface area contributed by atoms with E-state index in [0.717, 1.165) is 0 Å². The molecule has 0 saturated heterocycles. The zero-order valence-electron chi connectivity index (χ0n) is 7.20. The average Bonchev–Trinajstić information content (AvgIpc) is 1.89. The highest BCUT2D eigenvalue weighted by molar-refractivity contribution is 5.66. The molecular weight excluding hydrogens is 168 g/mol. The molecule has 0 spiro atoms. The minimum absolute atomic E-state index is 0. The lowest BCUT2D eigenvalue weighted by Crippen LogP contribution is -2.30. The molecule has 0 aromatic heterocycles. The van der Waals surface area contributed by atoms with Crippen LogP contribution < -0.4 is 34.0 Å². The number of carboxylic acids is 2. The van der Waals surface area contributed by atoms with Crippen LogP contribution in [0.1, 0.15) is 0 Å². The molecule has 0 heterocycles. The number of quaternary nitrogens is 2. The van der Waals surface area contributed by atoms with Gasteiger partial charge in [-0.15, -0.1) is 0 Å². The van der Waals surface area contributed by atoms with Crippen LogP contribution in [0, 0.1) is 0 Å². The number of nitrogens with two attached hydrogens (primary N) is 2. The molecule has 0 aromatic carbocycles. The van der Waals surface area contributed by atoms with Crippen molar-refractivity contribution in [1.82, 2.24) is 12.3 Å². The lowest BCUT2D eigenvalue weighted by atomic mass is 10.7. The van der Waals surface area contributed by atoms with Crippen molar-refractivity contribution < 1.29 is 19.8 Å². The van der Waals surface area contributed by atoms with Gasteiger partial charge in [0.15, 0.2) is 0 Å². The third-order valence-electron chi connectivity index (χ3n) is 0.333. The first-order chi connectivity index (χ1) is 4.54. The van der Waals surface area contributed by atoms with E-state index in [0.29, 0.717) is 0 Å². The number of carbonyl (C=O) groups is 2. The van der Waals surface area contributed by atoms with Gasteiger partial charge in [-0.1, -0.05) is 0 Å². The van der Waals surface area contributed by atoms with Gasteiger partial charge in [0.2, 0.25) is 0 Å². The molecule has 76 valence electrons. The van der Waals surface area contributed by atoms with Crippen LogP contribution in [0.5, 0.6) is 0 Å². The van der Waals surface area contributed by atoms with Crippen LogP contribution in [0.2, 0.25) is 0 Å². The molecule has 0 amide bonds. The fourth-order valence-electron chi connectivity index (χ4n) is 0. The van der Waals surface area contributed by atoms with Gasteiger partial charge in [-0.3, -0.25) is 0 Å². The topological polar surface area (TPSA) is 205 Å². The molecule has 0 aliphatic carbocycles. The summed E-state index contributed by atoms with van der Waals surface area (Å²) < 4.78 is 0. The Kier molecular flexibility index (Phi) is 30.7. The molecule has 12 N–H and O–H groups in total. The Bertz CT molecular complexity index is 104. The van der Waals surface area contributed by atoms with E-state index >= 15 is 0 Å².